The van der Waals surface area contributed by atoms with Gasteiger partial charge in [-0.3, -0.25) is 9.59 Å². The van der Waals surface area contributed by atoms with E-state index in [0.29, 0.717) is 24.5 Å². The van der Waals surface area contributed by atoms with Gasteiger partial charge in [0.15, 0.2) is 0 Å². The number of sulfonamides is 1. The monoisotopic (exact) mass is 492 g/mol. The standard InChI is InChI=1S/C23H26F2N4O4S/c24-18-5-7-19(8-6-18)29-16-17(15-22(29)30)23(31)26-9-14-34(32,33)28-12-10-27(11-13-28)21-4-2-1-3-20(21)25/h1-8,17H,9-16H2,(H,26,31)/t17-/m1/s1. The number of halogens is 2. The van der Waals surface area contributed by atoms with E-state index < -0.39 is 27.7 Å². The van der Waals surface area contributed by atoms with Crippen LogP contribution in [-0.2, 0) is 19.6 Å². The van der Waals surface area contributed by atoms with Gasteiger partial charge in [0.2, 0.25) is 21.8 Å². The fourth-order valence-corrected chi connectivity index (χ4v) is 5.58. The van der Waals surface area contributed by atoms with E-state index in [1.54, 1.807) is 18.2 Å². The molecule has 0 radical (unpaired) electrons. The van der Waals surface area contributed by atoms with Gasteiger partial charge in [0, 0.05) is 51.4 Å². The van der Waals surface area contributed by atoms with Gasteiger partial charge in [-0.25, -0.2) is 17.2 Å². The summed E-state index contributed by atoms with van der Waals surface area (Å²) in [6, 6.07) is 11.8. The second-order valence-corrected chi connectivity index (χ2v) is 10.4. The van der Waals surface area contributed by atoms with Gasteiger partial charge in [-0.05, 0) is 36.4 Å². The summed E-state index contributed by atoms with van der Waals surface area (Å²) < 4.78 is 53.9. The number of nitrogens with one attached hydrogen (secondary N) is 1. The average Bonchev–Trinajstić information content (AvgIpc) is 3.21. The zero-order chi connectivity index (χ0) is 24.3. The van der Waals surface area contributed by atoms with Crippen LogP contribution in [0.15, 0.2) is 48.5 Å². The zero-order valence-electron chi connectivity index (χ0n) is 18.5. The molecule has 2 aliphatic heterocycles. The van der Waals surface area contributed by atoms with Gasteiger partial charge < -0.3 is 15.1 Å². The molecular weight excluding hydrogens is 466 g/mol. The van der Waals surface area contributed by atoms with E-state index in [4.69, 9.17) is 0 Å². The normalized spacial score (nSPS) is 19.5. The number of carbonyl (C=O) groups excluding carboxylic acids is 2. The molecule has 2 aliphatic rings. The summed E-state index contributed by atoms with van der Waals surface area (Å²) in [5, 5.41) is 2.62. The number of benzene rings is 2. The maximum Gasteiger partial charge on any atom is 0.227 e. The Morgan fingerprint density at radius 2 is 1.68 bits per heavy atom. The molecule has 2 amide bonds. The Kier molecular flexibility index (Phi) is 7.13. The molecule has 0 unspecified atom stereocenters. The highest BCUT2D eigenvalue weighted by atomic mass is 32.2. The summed E-state index contributed by atoms with van der Waals surface area (Å²) in [7, 11) is -3.60. The topological polar surface area (TPSA) is 90.0 Å². The lowest BCUT2D eigenvalue weighted by molar-refractivity contribution is -0.126. The van der Waals surface area contributed by atoms with Crippen molar-refractivity contribution in [2.75, 3.05) is 54.8 Å². The van der Waals surface area contributed by atoms with Crippen molar-refractivity contribution in [3.63, 3.8) is 0 Å². The Morgan fingerprint density at radius 3 is 2.35 bits per heavy atom. The van der Waals surface area contributed by atoms with Gasteiger partial charge >= 0.3 is 0 Å². The Hall–Kier alpha value is -3.05. The fourth-order valence-electron chi connectivity index (χ4n) is 4.25. The number of amides is 2. The zero-order valence-corrected chi connectivity index (χ0v) is 19.3. The van der Waals surface area contributed by atoms with Crippen molar-refractivity contribution in [2.24, 2.45) is 5.92 Å². The number of anilines is 2. The molecule has 182 valence electrons. The summed E-state index contributed by atoms with van der Waals surface area (Å²) >= 11 is 0. The van der Waals surface area contributed by atoms with Crippen LogP contribution in [0.5, 0.6) is 0 Å². The van der Waals surface area contributed by atoms with Crippen molar-refractivity contribution in [3.8, 4) is 0 Å². The van der Waals surface area contributed by atoms with E-state index in [2.05, 4.69) is 5.32 Å². The number of rotatable bonds is 7. The molecular formula is C23H26F2N4O4S. The molecule has 2 saturated heterocycles. The number of piperazine rings is 1. The van der Waals surface area contributed by atoms with Crippen molar-refractivity contribution >= 4 is 33.2 Å². The highest BCUT2D eigenvalue weighted by Crippen LogP contribution is 2.25. The first-order valence-corrected chi connectivity index (χ1v) is 12.7. The molecule has 0 aliphatic carbocycles. The number of nitrogens with zero attached hydrogens (tertiary/aromatic N) is 3. The summed E-state index contributed by atoms with van der Waals surface area (Å²) in [6.07, 6.45) is 0.00790. The van der Waals surface area contributed by atoms with Crippen LogP contribution in [0.3, 0.4) is 0 Å². The first-order valence-electron chi connectivity index (χ1n) is 11.1. The lowest BCUT2D eigenvalue weighted by atomic mass is 10.1. The molecule has 2 aromatic rings. The molecule has 1 atom stereocenters. The molecule has 1 N–H and O–H groups in total. The predicted octanol–water partition coefficient (Wildman–Crippen LogP) is 1.59. The largest absolute Gasteiger partial charge is 0.367 e. The first kappa shape index (κ1) is 24.1. The second-order valence-electron chi connectivity index (χ2n) is 8.33. The van der Waals surface area contributed by atoms with Crippen molar-refractivity contribution in [1.82, 2.24) is 9.62 Å². The van der Waals surface area contributed by atoms with Crippen LogP contribution in [0.2, 0.25) is 0 Å². The van der Waals surface area contributed by atoms with E-state index >= 15 is 0 Å². The molecule has 34 heavy (non-hydrogen) atoms. The van der Waals surface area contributed by atoms with E-state index in [0.717, 1.165) is 0 Å². The third-order valence-corrected chi connectivity index (χ3v) is 7.99. The van der Waals surface area contributed by atoms with Crippen LogP contribution in [0.1, 0.15) is 6.42 Å². The summed E-state index contributed by atoms with van der Waals surface area (Å²) in [5.41, 5.74) is 0.964. The van der Waals surface area contributed by atoms with Crippen molar-refractivity contribution in [1.29, 1.82) is 0 Å². The second kappa shape index (κ2) is 10.1. The Bertz CT molecular complexity index is 1150. The molecule has 2 heterocycles. The number of hydrogen-bond donors (Lipinski definition) is 1. The first-order chi connectivity index (χ1) is 16.2. The quantitative estimate of drug-likeness (QED) is 0.634. The summed E-state index contributed by atoms with van der Waals surface area (Å²) in [6.45, 7) is 1.28. The van der Waals surface area contributed by atoms with Crippen LogP contribution in [0.4, 0.5) is 20.2 Å². The maximum absolute atomic E-state index is 14.0. The van der Waals surface area contributed by atoms with Crippen LogP contribution in [0, 0.1) is 17.6 Å². The highest BCUT2D eigenvalue weighted by Gasteiger charge is 2.35. The molecule has 2 aromatic carbocycles. The van der Waals surface area contributed by atoms with Crippen LogP contribution in [-0.4, -0.2) is 69.6 Å². The average molecular weight is 493 g/mol. The lowest BCUT2D eigenvalue weighted by Crippen LogP contribution is -2.50. The van der Waals surface area contributed by atoms with E-state index in [1.165, 1.54) is 39.5 Å². The van der Waals surface area contributed by atoms with Gasteiger partial charge in [-0.2, -0.15) is 4.31 Å². The van der Waals surface area contributed by atoms with Gasteiger partial charge in [0.1, 0.15) is 11.6 Å². The minimum absolute atomic E-state index is 0.00790. The summed E-state index contributed by atoms with van der Waals surface area (Å²) in [4.78, 5) is 28.0. The molecule has 0 saturated carbocycles. The number of para-hydroxylation sites is 1. The lowest BCUT2D eigenvalue weighted by Gasteiger charge is -2.35. The molecule has 11 heteroatoms. The minimum Gasteiger partial charge on any atom is -0.367 e. The van der Waals surface area contributed by atoms with Crippen molar-refractivity contribution in [3.05, 3.63) is 60.2 Å². The SMILES string of the molecule is O=C(NCCS(=O)(=O)N1CCN(c2ccccc2F)CC1)[C@@H]1CC(=O)N(c2ccc(F)cc2)C1. The van der Waals surface area contributed by atoms with E-state index in [1.807, 2.05) is 4.90 Å². The third kappa shape index (κ3) is 5.36. The number of carbonyl (C=O) groups is 2. The Labute approximate surface area is 197 Å². The van der Waals surface area contributed by atoms with Gasteiger partial charge in [-0.15, -0.1) is 0 Å². The molecule has 4 rings (SSSR count). The van der Waals surface area contributed by atoms with Gasteiger partial charge in [0.05, 0.1) is 17.4 Å². The minimum atomic E-state index is -3.60. The Morgan fingerprint density at radius 1 is 1.00 bits per heavy atom. The van der Waals surface area contributed by atoms with Crippen LogP contribution in [0.25, 0.3) is 0 Å². The molecule has 0 aromatic heterocycles. The third-order valence-electron chi connectivity index (χ3n) is 6.12. The van der Waals surface area contributed by atoms with E-state index in [9.17, 15) is 26.8 Å². The summed E-state index contributed by atoms with van der Waals surface area (Å²) in [5.74, 6) is -2.26. The smallest absolute Gasteiger partial charge is 0.227 e. The Balaban J connectivity index is 1.24. The van der Waals surface area contributed by atoms with Crippen molar-refractivity contribution < 1.29 is 26.8 Å². The fraction of sp³-hybridized carbons (Fsp3) is 0.391. The van der Waals surface area contributed by atoms with Crippen molar-refractivity contribution in [2.45, 2.75) is 6.42 Å². The van der Waals surface area contributed by atoms with Gasteiger partial charge in [-0.1, -0.05) is 12.1 Å². The predicted molar refractivity (Wildman–Crippen MR) is 124 cm³/mol. The molecule has 0 bridgehead atoms. The van der Waals surface area contributed by atoms with Gasteiger partial charge in [0.25, 0.3) is 0 Å². The maximum atomic E-state index is 14.0. The molecule has 2 fully saturated rings. The van der Waals surface area contributed by atoms with Crippen LogP contribution >= 0.6 is 0 Å². The van der Waals surface area contributed by atoms with E-state index in [-0.39, 0.29) is 50.1 Å². The molecule has 8 nitrogen and oxygen atoms in total. The van der Waals surface area contributed by atoms with Crippen LogP contribution < -0.4 is 15.1 Å². The highest BCUT2D eigenvalue weighted by molar-refractivity contribution is 7.89. The number of hydrogen-bond acceptors (Lipinski definition) is 5. The molecule has 0 spiro atoms.